The third-order valence-electron chi connectivity index (χ3n) is 4.48. The summed E-state index contributed by atoms with van der Waals surface area (Å²) in [5.74, 6) is -0.934. The predicted octanol–water partition coefficient (Wildman–Crippen LogP) is 1.22. The number of aromatic hydroxyl groups is 1. The Hall–Kier alpha value is -2.83. The zero-order chi connectivity index (χ0) is 17.1. The average molecular weight is 329 g/mol. The van der Waals surface area contributed by atoms with E-state index in [1.807, 2.05) is 23.2 Å². The number of amides is 1. The molecule has 3 rings (SSSR count). The highest BCUT2D eigenvalue weighted by Crippen LogP contribution is 2.32. The molecule has 0 saturated heterocycles. The maximum Gasteiger partial charge on any atom is 0.326 e. The highest BCUT2D eigenvalue weighted by molar-refractivity contribution is 5.94. The number of aromatic amines is 2. The van der Waals surface area contributed by atoms with Gasteiger partial charge < -0.3 is 10.4 Å². The lowest BCUT2D eigenvalue weighted by atomic mass is 9.82. The fourth-order valence-corrected chi connectivity index (χ4v) is 3.20. The summed E-state index contributed by atoms with van der Waals surface area (Å²) in [6, 6.07) is 10.2. The van der Waals surface area contributed by atoms with Crippen LogP contribution in [-0.4, -0.2) is 27.0 Å². The van der Waals surface area contributed by atoms with E-state index in [0.717, 1.165) is 25.7 Å². The van der Waals surface area contributed by atoms with Crippen molar-refractivity contribution < 1.29 is 9.90 Å². The Balaban J connectivity index is 1.63. The number of aromatic nitrogens is 2. The SMILES string of the molecule is O=C(N[C@H]1CC[C@@H](c2ccccc2)CC1)c1[nH]c(=O)[nH]c(=O)c1O. The fourth-order valence-electron chi connectivity index (χ4n) is 3.20. The van der Waals surface area contributed by atoms with E-state index in [2.05, 4.69) is 22.4 Å². The molecule has 0 atom stereocenters. The maximum absolute atomic E-state index is 12.2. The summed E-state index contributed by atoms with van der Waals surface area (Å²) in [5.41, 5.74) is -0.889. The normalized spacial score (nSPS) is 20.5. The molecule has 7 nitrogen and oxygen atoms in total. The molecule has 0 aliphatic heterocycles. The van der Waals surface area contributed by atoms with Crippen molar-refractivity contribution in [2.24, 2.45) is 0 Å². The van der Waals surface area contributed by atoms with Crippen molar-refractivity contribution in [1.29, 1.82) is 0 Å². The largest absolute Gasteiger partial charge is 0.501 e. The first-order valence-electron chi connectivity index (χ1n) is 7.96. The van der Waals surface area contributed by atoms with Crippen LogP contribution < -0.4 is 16.6 Å². The molecule has 1 aromatic heterocycles. The summed E-state index contributed by atoms with van der Waals surface area (Å²) in [7, 11) is 0. The van der Waals surface area contributed by atoms with E-state index in [1.54, 1.807) is 0 Å². The highest BCUT2D eigenvalue weighted by atomic mass is 16.3. The topological polar surface area (TPSA) is 115 Å². The van der Waals surface area contributed by atoms with Crippen molar-refractivity contribution in [3.05, 3.63) is 62.4 Å². The number of carbonyl (C=O) groups is 1. The number of nitrogens with one attached hydrogen (secondary N) is 3. The molecule has 1 aliphatic carbocycles. The molecule has 0 bridgehead atoms. The molecule has 0 spiro atoms. The molecule has 1 aliphatic rings. The van der Waals surface area contributed by atoms with E-state index in [-0.39, 0.29) is 6.04 Å². The first-order chi connectivity index (χ1) is 11.5. The minimum atomic E-state index is -0.975. The molecule has 7 heteroatoms. The molecule has 0 radical (unpaired) electrons. The Kier molecular flexibility index (Phi) is 4.50. The van der Waals surface area contributed by atoms with E-state index in [1.165, 1.54) is 5.56 Å². The van der Waals surface area contributed by atoms with Crippen molar-refractivity contribution in [2.75, 3.05) is 0 Å². The molecule has 1 saturated carbocycles. The number of hydrogen-bond donors (Lipinski definition) is 4. The van der Waals surface area contributed by atoms with Crippen LogP contribution in [-0.2, 0) is 0 Å². The van der Waals surface area contributed by atoms with Crippen molar-refractivity contribution >= 4 is 5.91 Å². The Morgan fingerprint density at radius 3 is 2.38 bits per heavy atom. The number of benzene rings is 1. The van der Waals surface area contributed by atoms with Crippen LogP contribution in [0.5, 0.6) is 5.75 Å². The molecule has 1 fully saturated rings. The number of carbonyl (C=O) groups excluding carboxylic acids is 1. The summed E-state index contributed by atoms with van der Waals surface area (Å²) >= 11 is 0. The van der Waals surface area contributed by atoms with Gasteiger partial charge in [0.25, 0.3) is 11.5 Å². The quantitative estimate of drug-likeness (QED) is 0.678. The Labute approximate surface area is 137 Å². The third kappa shape index (κ3) is 3.40. The number of hydrogen-bond acceptors (Lipinski definition) is 4. The molecule has 0 unspecified atom stereocenters. The maximum atomic E-state index is 12.2. The summed E-state index contributed by atoms with van der Waals surface area (Å²) in [4.78, 5) is 38.8. The van der Waals surface area contributed by atoms with Crippen molar-refractivity contribution in [1.82, 2.24) is 15.3 Å². The van der Waals surface area contributed by atoms with Crippen molar-refractivity contribution in [2.45, 2.75) is 37.6 Å². The summed E-state index contributed by atoms with van der Waals surface area (Å²) in [6.45, 7) is 0. The monoisotopic (exact) mass is 329 g/mol. The summed E-state index contributed by atoms with van der Waals surface area (Å²) in [5, 5.41) is 12.4. The molecule has 126 valence electrons. The first-order valence-corrected chi connectivity index (χ1v) is 7.96. The van der Waals surface area contributed by atoms with Gasteiger partial charge in [0.2, 0.25) is 5.75 Å². The Bertz CT molecular complexity index is 833. The highest BCUT2D eigenvalue weighted by Gasteiger charge is 2.25. The zero-order valence-electron chi connectivity index (χ0n) is 13.0. The van der Waals surface area contributed by atoms with Gasteiger partial charge in [-0.3, -0.25) is 19.6 Å². The van der Waals surface area contributed by atoms with Crippen LogP contribution in [0.1, 0.15) is 47.7 Å². The van der Waals surface area contributed by atoms with Gasteiger partial charge in [-0.05, 0) is 37.2 Å². The van der Waals surface area contributed by atoms with Gasteiger partial charge in [0.15, 0.2) is 5.69 Å². The minimum Gasteiger partial charge on any atom is -0.501 e. The van der Waals surface area contributed by atoms with Gasteiger partial charge in [0.05, 0.1) is 0 Å². The smallest absolute Gasteiger partial charge is 0.326 e. The molecule has 1 heterocycles. The van der Waals surface area contributed by atoms with Gasteiger partial charge in [0.1, 0.15) is 0 Å². The molecular weight excluding hydrogens is 310 g/mol. The van der Waals surface area contributed by atoms with Crippen LogP contribution >= 0.6 is 0 Å². The van der Waals surface area contributed by atoms with E-state index in [4.69, 9.17) is 0 Å². The zero-order valence-corrected chi connectivity index (χ0v) is 13.0. The molecule has 1 aromatic carbocycles. The van der Waals surface area contributed by atoms with Crippen LogP contribution in [0, 0.1) is 0 Å². The minimum absolute atomic E-state index is 0.0420. The van der Waals surface area contributed by atoms with E-state index < -0.39 is 28.6 Å². The molecule has 1 amide bonds. The molecular formula is C17H19N3O4. The average Bonchev–Trinajstić information content (AvgIpc) is 2.59. The molecule has 4 N–H and O–H groups in total. The van der Waals surface area contributed by atoms with Gasteiger partial charge >= 0.3 is 5.69 Å². The van der Waals surface area contributed by atoms with E-state index in [9.17, 15) is 19.5 Å². The van der Waals surface area contributed by atoms with Gasteiger partial charge in [0, 0.05) is 6.04 Å². The molecule has 24 heavy (non-hydrogen) atoms. The van der Waals surface area contributed by atoms with Crippen molar-refractivity contribution in [3.8, 4) is 5.75 Å². The summed E-state index contributed by atoms with van der Waals surface area (Å²) < 4.78 is 0. The first kappa shape index (κ1) is 16.0. The van der Waals surface area contributed by atoms with Crippen LogP contribution in [0.4, 0.5) is 0 Å². The van der Waals surface area contributed by atoms with Gasteiger partial charge in [-0.1, -0.05) is 30.3 Å². The number of H-pyrrole nitrogens is 2. The van der Waals surface area contributed by atoms with Crippen LogP contribution in [0.2, 0.25) is 0 Å². The van der Waals surface area contributed by atoms with Gasteiger partial charge in [-0.15, -0.1) is 0 Å². The standard InChI is InChI=1S/C17H19N3O4/c21-14-13(19-17(24)20-16(14)23)15(22)18-12-8-6-11(7-9-12)10-4-2-1-3-5-10/h1-5,11-12,21H,6-9H2,(H,18,22)(H2,19,20,23,24)/t11-,12+. The molecule has 2 aromatic rings. The second kappa shape index (κ2) is 6.74. The second-order valence-electron chi connectivity index (χ2n) is 6.06. The van der Waals surface area contributed by atoms with Crippen LogP contribution in [0.25, 0.3) is 0 Å². The lowest BCUT2D eigenvalue weighted by Gasteiger charge is -2.29. The van der Waals surface area contributed by atoms with Gasteiger partial charge in [-0.2, -0.15) is 0 Å². The van der Waals surface area contributed by atoms with E-state index >= 15 is 0 Å². The lowest BCUT2D eigenvalue weighted by Crippen LogP contribution is -2.39. The number of rotatable bonds is 3. The second-order valence-corrected chi connectivity index (χ2v) is 6.06. The van der Waals surface area contributed by atoms with E-state index in [0.29, 0.717) is 5.92 Å². The Morgan fingerprint density at radius 1 is 1.04 bits per heavy atom. The fraction of sp³-hybridized carbons (Fsp3) is 0.353. The third-order valence-corrected chi connectivity index (χ3v) is 4.48. The predicted molar refractivity (Wildman–Crippen MR) is 88.3 cm³/mol. The van der Waals surface area contributed by atoms with Crippen LogP contribution in [0.15, 0.2) is 39.9 Å². The summed E-state index contributed by atoms with van der Waals surface area (Å²) in [6.07, 6.45) is 3.51. The Morgan fingerprint density at radius 2 is 1.71 bits per heavy atom. The van der Waals surface area contributed by atoms with Crippen LogP contribution in [0.3, 0.4) is 0 Å². The lowest BCUT2D eigenvalue weighted by molar-refractivity contribution is 0.0917. The van der Waals surface area contributed by atoms with Gasteiger partial charge in [-0.25, -0.2) is 4.79 Å². The van der Waals surface area contributed by atoms with Crippen molar-refractivity contribution in [3.63, 3.8) is 0 Å².